The summed E-state index contributed by atoms with van der Waals surface area (Å²) in [7, 11) is 3.45. The predicted molar refractivity (Wildman–Crippen MR) is 68.8 cm³/mol. The zero-order valence-electron chi connectivity index (χ0n) is 10.4. The van der Waals surface area contributed by atoms with E-state index < -0.39 is 0 Å². The molecule has 0 aliphatic rings. The van der Waals surface area contributed by atoms with Gasteiger partial charge in [-0.1, -0.05) is 6.07 Å². The van der Waals surface area contributed by atoms with Gasteiger partial charge < -0.3 is 14.7 Å². The van der Waals surface area contributed by atoms with E-state index in [1.54, 1.807) is 30.7 Å². The Morgan fingerprint density at radius 3 is 2.78 bits per heavy atom. The van der Waals surface area contributed by atoms with Gasteiger partial charge in [0, 0.05) is 26.0 Å². The molecule has 0 aliphatic carbocycles. The molecule has 1 aromatic carbocycles. The zero-order chi connectivity index (χ0) is 13.0. The minimum atomic E-state index is 0.141. The monoisotopic (exact) mass is 245 g/mol. The molecule has 2 aromatic rings. The number of anilines is 1. The predicted octanol–water partition coefficient (Wildman–Crippen LogP) is 1.83. The van der Waals surface area contributed by atoms with Crippen molar-refractivity contribution in [1.82, 2.24) is 9.97 Å². The summed E-state index contributed by atoms with van der Waals surface area (Å²) in [6.07, 6.45) is 4.98. The largest absolute Gasteiger partial charge is 0.504 e. The Bertz CT molecular complexity index is 517. The summed E-state index contributed by atoms with van der Waals surface area (Å²) in [6, 6.07) is 5.34. The van der Waals surface area contributed by atoms with Crippen LogP contribution in [-0.4, -0.2) is 29.2 Å². The molecule has 1 heterocycles. The number of benzene rings is 1. The number of rotatable bonds is 4. The Balaban J connectivity index is 2.12. The lowest BCUT2D eigenvalue weighted by molar-refractivity contribution is 0.373. The second kappa shape index (κ2) is 5.35. The normalized spacial score (nSPS) is 10.1. The van der Waals surface area contributed by atoms with Crippen LogP contribution >= 0.6 is 0 Å². The molecule has 0 amide bonds. The van der Waals surface area contributed by atoms with E-state index in [0.717, 1.165) is 11.4 Å². The van der Waals surface area contributed by atoms with Gasteiger partial charge in [0.15, 0.2) is 11.5 Å². The molecule has 0 saturated heterocycles. The highest BCUT2D eigenvalue weighted by Crippen LogP contribution is 2.26. The third kappa shape index (κ3) is 2.68. The number of phenolic OH excluding ortho intramolecular Hbond substituents is 1. The van der Waals surface area contributed by atoms with Crippen LogP contribution < -0.4 is 9.64 Å². The van der Waals surface area contributed by atoms with E-state index >= 15 is 0 Å². The molecule has 0 saturated carbocycles. The average molecular weight is 245 g/mol. The highest BCUT2D eigenvalue weighted by molar-refractivity contribution is 5.43. The first-order valence-corrected chi connectivity index (χ1v) is 5.53. The number of nitrogens with zero attached hydrogens (tertiary/aromatic N) is 3. The molecule has 18 heavy (non-hydrogen) atoms. The van der Waals surface area contributed by atoms with E-state index in [-0.39, 0.29) is 5.75 Å². The van der Waals surface area contributed by atoms with Crippen molar-refractivity contribution in [2.24, 2.45) is 0 Å². The van der Waals surface area contributed by atoms with E-state index in [1.807, 2.05) is 18.0 Å². The van der Waals surface area contributed by atoms with Crippen molar-refractivity contribution in [3.8, 4) is 11.5 Å². The molecule has 94 valence electrons. The number of ether oxygens (including phenoxy) is 1. The second-order valence-electron chi connectivity index (χ2n) is 3.93. The minimum absolute atomic E-state index is 0.141. The number of phenols is 1. The number of hydrogen-bond donors (Lipinski definition) is 1. The second-order valence-corrected chi connectivity index (χ2v) is 3.93. The number of hydrogen-bond acceptors (Lipinski definition) is 5. The van der Waals surface area contributed by atoms with Crippen LogP contribution in [0, 0.1) is 0 Å². The molecule has 0 aliphatic heterocycles. The van der Waals surface area contributed by atoms with Gasteiger partial charge in [-0.05, 0) is 17.7 Å². The zero-order valence-corrected chi connectivity index (χ0v) is 10.4. The Hall–Kier alpha value is -2.30. The van der Waals surface area contributed by atoms with Crippen molar-refractivity contribution in [2.75, 3.05) is 19.1 Å². The van der Waals surface area contributed by atoms with Crippen molar-refractivity contribution < 1.29 is 9.84 Å². The highest BCUT2D eigenvalue weighted by Gasteiger charge is 2.06. The van der Waals surface area contributed by atoms with E-state index in [4.69, 9.17) is 4.74 Å². The molecule has 0 unspecified atom stereocenters. The Morgan fingerprint density at radius 1 is 1.33 bits per heavy atom. The van der Waals surface area contributed by atoms with Crippen LogP contribution in [0.25, 0.3) is 0 Å². The Labute approximate surface area is 106 Å². The fraction of sp³-hybridized carbons (Fsp3) is 0.231. The van der Waals surface area contributed by atoms with Crippen LogP contribution in [-0.2, 0) is 6.54 Å². The fourth-order valence-corrected chi connectivity index (χ4v) is 1.68. The topological polar surface area (TPSA) is 58.5 Å². The molecule has 0 atom stereocenters. The molecule has 1 N–H and O–H groups in total. The lowest BCUT2D eigenvalue weighted by atomic mass is 10.2. The van der Waals surface area contributed by atoms with Crippen LogP contribution in [0.2, 0.25) is 0 Å². The van der Waals surface area contributed by atoms with Crippen LogP contribution in [0.4, 0.5) is 5.82 Å². The van der Waals surface area contributed by atoms with Gasteiger partial charge in [-0.15, -0.1) is 0 Å². The molecular formula is C13H15N3O2. The molecule has 0 radical (unpaired) electrons. The first-order valence-electron chi connectivity index (χ1n) is 5.53. The van der Waals surface area contributed by atoms with Gasteiger partial charge in [-0.2, -0.15) is 0 Å². The molecule has 0 spiro atoms. The summed E-state index contributed by atoms with van der Waals surface area (Å²) in [5.74, 6) is 1.40. The van der Waals surface area contributed by atoms with Gasteiger partial charge in [0.1, 0.15) is 5.82 Å². The van der Waals surface area contributed by atoms with Gasteiger partial charge in [0.25, 0.3) is 0 Å². The maximum atomic E-state index is 9.70. The van der Waals surface area contributed by atoms with Crippen molar-refractivity contribution in [2.45, 2.75) is 6.54 Å². The first kappa shape index (κ1) is 12.2. The number of aromatic nitrogens is 2. The summed E-state index contributed by atoms with van der Waals surface area (Å²) in [6.45, 7) is 0.635. The maximum absolute atomic E-state index is 9.70. The van der Waals surface area contributed by atoms with E-state index in [1.165, 1.54) is 7.11 Å². The summed E-state index contributed by atoms with van der Waals surface area (Å²) >= 11 is 0. The summed E-state index contributed by atoms with van der Waals surface area (Å²) < 4.78 is 5.00. The van der Waals surface area contributed by atoms with Crippen LogP contribution in [0.3, 0.4) is 0 Å². The van der Waals surface area contributed by atoms with Crippen LogP contribution in [0.5, 0.6) is 11.5 Å². The van der Waals surface area contributed by atoms with Crippen molar-refractivity contribution in [3.63, 3.8) is 0 Å². The standard InChI is InChI=1S/C13H15N3O2/c1-16(13-8-14-5-6-15-13)9-10-3-4-12(18-2)11(17)7-10/h3-8,17H,9H2,1-2H3. The van der Waals surface area contributed by atoms with Crippen LogP contribution in [0.1, 0.15) is 5.56 Å². The lowest BCUT2D eigenvalue weighted by Gasteiger charge is -2.17. The van der Waals surface area contributed by atoms with E-state index in [9.17, 15) is 5.11 Å². The Morgan fingerprint density at radius 2 is 2.17 bits per heavy atom. The third-order valence-corrected chi connectivity index (χ3v) is 2.60. The smallest absolute Gasteiger partial charge is 0.160 e. The van der Waals surface area contributed by atoms with Crippen molar-refractivity contribution in [1.29, 1.82) is 0 Å². The van der Waals surface area contributed by atoms with Gasteiger partial charge in [-0.3, -0.25) is 4.98 Å². The maximum Gasteiger partial charge on any atom is 0.160 e. The molecule has 5 nitrogen and oxygen atoms in total. The molecule has 1 aromatic heterocycles. The quantitative estimate of drug-likeness (QED) is 0.890. The van der Waals surface area contributed by atoms with Gasteiger partial charge in [-0.25, -0.2) is 4.98 Å². The van der Waals surface area contributed by atoms with Crippen molar-refractivity contribution >= 4 is 5.82 Å². The highest BCUT2D eigenvalue weighted by atomic mass is 16.5. The molecule has 2 rings (SSSR count). The average Bonchev–Trinajstić information content (AvgIpc) is 2.40. The van der Waals surface area contributed by atoms with Gasteiger partial charge in [0.05, 0.1) is 13.3 Å². The molecule has 0 fully saturated rings. The summed E-state index contributed by atoms with van der Waals surface area (Å²) in [5, 5.41) is 9.70. The van der Waals surface area contributed by atoms with Gasteiger partial charge in [0.2, 0.25) is 0 Å². The first-order chi connectivity index (χ1) is 8.70. The van der Waals surface area contributed by atoms with Crippen LogP contribution in [0.15, 0.2) is 36.8 Å². The number of methoxy groups -OCH3 is 1. The van der Waals surface area contributed by atoms with Crippen molar-refractivity contribution in [3.05, 3.63) is 42.4 Å². The van der Waals surface area contributed by atoms with E-state index in [0.29, 0.717) is 12.3 Å². The Kier molecular flexibility index (Phi) is 3.62. The number of aromatic hydroxyl groups is 1. The summed E-state index contributed by atoms with van der Waals surface area (Å²) in [4.78, 5) is 10.2. The minimum Gasteiger partial charge on any atom is -0.504 e. The molecule has 0 bridgehead atoms. The summed E-state index contributed by atoms with van der Waals surface area (Å²) in [5.41, 5.74) is 0.974. The SMILES string of the molecule is COc1ccc(CN(C)c2cnccn2)cc1O. The van der Waals surface area contributed by atoms with E-state index in [2.05, 4.69) is 9.97 Å². The lowest BCUT2D eigenvalue weighted by Crippen LogP contribution is -2.17. The fourth-order valence-electron chi connectivity index (χ4n) is 1.68. The molecule has 5 heteroatoms. The van der Waals surface area contributed by atoms with Gasteiger partial charge >= 0.3 is 0 Å². The molecular weight excluding hydrogens is 230 g/mol. The third-order valence-electron chi connectivity index (χ3n) is 2.60.